The van der Waals surface area contributed by atoms with Crippen molar-refractivity contribution in [3.8, 4) is 11.1 Å². The number of ether oxygens (including phenoxy) is 1. The zero-order valence-electron chi connectivity index (χ0n) is 19.7. The van der Waals surface area contributed by atoms with Gasteiger partial charge in [0, 0.05) is 12.0 Å². The Hall–Kier alpha value is -3.35. The van der Waals surface area contributed by atoms with Gasteiger partial charge in [-0.15, -0.1) is 0 Å². The second kappa shape index (κ2) is 9.87. The van der Waals surface area contributed by atoms with Gasteiger partial charge in [-0.3, -0.25) is 9.59 Å². The smallest absolute Gasteiger partial charge is 0.407 e. The topological polar surface area (TPSA) is 105 Å². The summed E-state index contributed by atoms with van der Waals surface area (Å²) in [5.74, 6) is -1.77. The summed E-state index contributed by atoms with van der Waals surface area (Å²) >= 11 is 0. The van der Waals surface area contributed by atoms with Crippen molar-refractivity contribution in [3.05, 3.63) is 59.7 Å². The van der Waals surface area contributed by atoms with Gasteiger partial charge in [-0.1, -0.05) is 75.2 Å². The average molecular weight is 465 g/mol. The standard InChI is InChI=1S/C27H32N2O5/c1-27(2)14-8-7-13-23(27)29-25(32)22(15-24(30)31)28-26(33)34-16-21-19-11-5-3-9-17(19)18-10-4-6-12-20(18)21/h3-6,9-12,21-23H,7-8,13-16H2,1-2H3,(H,28,33)(H,29,32)(H,30,31). The van der Waals surface area contributed by atoms with Crippen molar-refractivity contribution >= 4 is 18.0 Å². The molecule has 0 spiro atoms. The molecule has 0 saturated heterocycles. The lowest BCUT2D eigenvalue weighted by Gasteiger charge is -2.39. The van der Waals surface area contributed by atoms with E-state index >= 15 is 0 Å². The van der Waals surface area contributed by atoms with Crippen molar-refractivity contribution in [1.29, 1.82) is 0 Å². The number of carbonyl (C=O) groups is 3. The predicted molar refractivity (Wildman–Crippen MR) is 128 cm³/mol. The molecule has 2 aliphatic carbocycles. The molecule has 0 heterocycles. The third-order valence-corrected chi connectivity index (χ3v) is 7.15. The number of nitrogens with one attached hydrogen (secondary N) is 2. The minimum absolute atomic E-state index is 0.0608. The molecule has 1 fully saturated rings. The summed E-state index contributed by atoms with van der Waals surface area (Å²) in [5, 5.41) is 14.8. The molecule has 34 heavy (non-hydrogen) atoms. The van der Waals surface area contributed by atoms with Crippen LogP contribution in [0.4, 0.5) is 4.79 Å². The van der Waals surface area contributed by atoms with Crippen molar-refractivity contribution < 1.29 is 24.2 Å². The van der Waals surface area contributed by atoms with Gasteiger partial charge in [0.05, 0.1) is 6.42 Å². The molecule has 7 heteroatoms. The minimum Gasteiger partial charge on any atom is -0.481 e. The van der Waals surface area contributed by atoms with Crippen LogP contribution in [-0.4, -0.2) is 41.8 Å². The number of carboxylic acids is 1. The van der Waals surface area contributed by atoms with Crippen LogP contribution in [0.5, 0.6) is 0 Å². The van der Waals surface area contributed by atoms with Crippen molar-refractivity contribution in [3.63, 3.8) is 0 Å². The molecule has 2 aromatic rings. The number of amides is 2. The van der Waals surface area contributed by atoms with E-state index in [-0.39, 0.29) is 24.0 Å². The van der Waals surface area contributed by atoms with Gasteiger partial charge in [0.1, 0.15) is 12.6 Å². The SMILES string of the molecule is CC1(C)CCCCC1NC(=O)C(CC(=O)O)NC(=O)OCC1c2ccccc2-c2ccccc21. The lowest BCUT2D eigenvalue weighted by Crippen LogP contribution is -2.54. The molecule has 180 valence electrons. The fourth-order valence-corrected chi connectivity index (χ4v) is 5.20. The second-order valence-corrected chi connectivity index (χ2v) is 9.92. The Balaban J connectivity index is 1.41. The molecule has 2 aromatic carbocycles. The zero-order valence-corrected chi connectivity index (χ0v) is 19.7. The second-order valence-electron chi connectivity index (χ2n) is 9.92. The van der Waals surface area contributed by atoms with Crippen molar-refractivity contribution in [2.24, 2.45) is 5.41 Å². The van der Waals surface area contributed by atoms with E-state index in [0.29, 0.717) is 0 Å². The van der Waals surface area contributed by atoms with Crippen molar-refractivity contribution in [2.45, 2.75) is 64.0 Å². The van der Waals surface area contributed by atoms with Crippen LogP contribution < -0.4 is 10.6 Å². The van der Waals surface area contributed by atoms with E-state index in [1.54, 1.807) is 0 Å². The molecule has 2 unspecified atom stereocenters. The Morgan fingerprint density at radius 2 is 1.65 bits per heavy atom. The van der Waals surface area contributed by atoms with Crippen LogP contribution in [0.15, 0.2) is 48.5 Å². The predicted octanol–water partition coefficient (Wildman–Crippen LogP) is 4.45. The minimum atomic E-state index is -1.20. The fraction of sp³-hybridized carbons (Fsp3) is 0.444. The molecule has 7 nitrogen and oxygen atoms in total. The first kappa shape index (κ1) is 23.8. The van der Waals surface area contributed by atoms with E-state index in [1.165, 1.54) is 0 Å². The van der Waals surface area contributed by atoms with E-state index in [4.69, 9.17) is 4.74 Å². The first-order valence-corrected chi connectivity index (χ1v) is 11.9. The number of alkyl carbamates (subject to hydrolysis) is 1. The number of hydrogen-bond acceptors (Lipinski definition) is 4. The van der Waals surface area contributed by atoms with Gasteiger partial charge in [0.25, 0.3) is 0 Å². The molecule has 1 saturated carbocycles. The lowest BCUT2D eigenvalue weighted by molar-refractivity contribution is -0.140. The van der Waals surface area contributed by atoms with Crippen LogP contribution >= 0.6 is 0 Å². The van der Waals surface area contributed by atoms with Gasteiger partial charge in [-0.2, -0.15) is 0 Å². The van der Waals surface area contributed by atoms with E-state index in [0.717, 1.165) is 47.9 Å². The van der Waals surface area contributed by atoms with Gasteiger partial charge in [-0.25, -0.2) is 4.79 Å². The van der Waals surface area contributed by atoms with E-state index in [1.807, 2.05) is 48.5 Å². The maximum atomic E-state index is 12.9. The molecule has 3 N–H and O–H groups in total. The van der Waals surface area contributed by atoms with Gasteiger partial charge < -0.3 is 20.5 Å². The number of carbonyl (C=O) groups excluding carboxylic acids is 2. The van der Waals surface area contributed by atoms with Gasteiger partial charge in [-0.05, 0) is 40.5 Å². The average Bonchev–Trinajstić information content (AvgIpc) is 3.12. The number of fused-ring (bicyclic) bond motifs is 3. The Morgan fingerprint density at radius 3 is 2.24 bits per heavy atom. The molecule has 2 atom stereocenters. The normalized spacial score (nSPS) is 19.4. The number of aliphatic carboxylic acids is 1. The summed E-state index contributed by atoms with van der Waals surface area (Å²) in [5.41, 5.74) is 4.31. The molecular formula is C27H32N2O5. The Kier molecular flexibility index (Phi) is 6.91. The van der Waals surface area contributed by atoms with Crippen molar-refractivity contribution in [2.75, 3.05) is 6.61 Å². The summed E-state index contributed by atoms with van der Waals surface area (Å²) < 4.78 is 5.51. The highest BCUT2D eigenvalue weighted by Gasteiger charge is 2.36. The number of carboxylic acid groups (broad SMARTS) is 1. The van der Waals surface area contributed by atoms with Crippen LogP contribution in [0.2, 0.25) is 0 Å². The maximum Gasteiger partial charge on any atom is 0.407 e. The van der Waals surface area contributed by atoms with E-state index in [9.17, 15) is 19.5 Å². The first-order valence-electron chi connectivity index (χ1n) is 11.9. The largest absolute Gasteiger partial charge is 0.481 e. The molecule has 0 aliphatic heterocycles. The van der Waals surface area contributed by atoms with Crippen LogP contribution in [-0.2, 0) is 14.3 Å². The molecule has 2 amide bonds. The highest BCUT2D eigenvalue weighted by atomic mass is 16.5. The third-order valence-electron chi connectivity index (χ3n) is 7.15. The number of rotatable bonds is 7. The van der Waals surface area contributed by atoms with Crippen LogP contribution in [0.25, 0.3) is 11.1 Å². The number of hydrogen-bond donors (Lipinski definition) is 3. The molecule has 4 rings (SSSR count). The Morgan fingerprint density at radius 1 is 1.03 bits per heavy atom. The monoisotopic (exact) mass is 464 g/mol. The lowest BCUT2D eigenvalue weighted by atomic mass is 9.73. The van der Waals surface area contributed by atoms with Gasteiger partial charge in [0.15, 0.2) is 0 Å². The summed E-state index contributed by atoms with van der Waals surface area (Å²) in [6.45, 7) is 4.29. The van der Waals surface area contributed by atoms with Crippen LogP contribution in [0.1, 0.15) is 63.0 Å². The van der Waals surface area contributed by atoms with Crippen LogP contribution in [0.3, 0.4) is 0 Å². The first-order chi connectivity index (χ1) is 16.3. The zero-order chi connectivity index (χ0) is 24.3. The Bertz CT molecular complexity index is 1030. The fourth-order valence-electron chi connectivity index (χ4n) is 5.20. The highest BCUT2D eigenvalue weighted by molar-refractivity contribution is 5.89. The summed E-state index contributed by atoms with van der Waals surface area (Å²) in [7, 11) is 0. The summed E-state index contributed by atoms with van der Waals surface area (Å²) in [6, 6.07) is 14.8. The van der Waals surface area contributed by atoms with E-state index in [2.05, 4.69) is 24.5 Å². The highest BCUT2D eigenvalue weighted by Crippen LogP contribution is 2.44. The summed E-state index contributed by atoms with van der Waals surface area (Å²) in [4.78, 5) is 36.9. The van der Waals surface area contributed by atoms with Crippen molar-refractivity contribution in [1.82, 2.24) is 10.6 Å². The molecular weight excluding hydrogens is 432 g/mol. The molecule has 0 radical (unpaired) electrons. The summed E-state index contributed by atoms with van der Waals surface area (Å²) in [6.07, 6.45) is 2.63. The quantitative estimate of drug-likeness (QED) is 0.561. The Labute approximate surface area is 199 Å². The van der Waals surface area contributed by atoms with Gasteiger partial charge >= 0.3 is 12.1 Å². The molecule has 2 aliphatic rings. The number of benzene rings is 2. The third kappa shape index (κ3) is 5.08. The van der Waals surface area contributed by atoms with Crippen LogP contribution in [0, 0.1) is 5.41 Å². The molecule has 0 aromatic heterocycles. The molecule has 0 bridgehead atoms. The van der Waals surface area contributed by atoms with E-state index < -0.39 is 30.4 Å². The van der Waals surface area contributed by atoms with Gasteiger partial charge in [0.2, 0.25) is 5.91 Å². The maximum absolute atomic E-state index is 12.9.